The smallest absolute Gasteiger partial charge is 0.273 e. The summed E-state index contributed by atoms with van der Waals surface area (Å²) in [7, 11) is 0. The predicted octanol–water partition coefficient (Wildman–Crippen LogP) is 4.83. The Labute approximate surface area is 206 Å². The molecule has 1 aliphatic carbocycles. The summed E-state index contributed by atoms with van der Waals surface area (Å²) in [5.74, 6) is 0.342. The highest BCUT2D eigenvalue weighted by Crippen LogP contribution is 2.31. The zero-order valence-corrected chi connectivity index (χ0v) is 20.4. The molecular formula is C28H34N4O3. The van der Waals surface area contributed by atoms with E-state index < -0.39 is 5.54 Å². The van der Waals surface area contributed by atoms with Crippen LogP contribution in [0.25, 0.3) is 11.5 Å². The van der Waals surface area contributed by atoms with Gasteiger partial charge in [0.25, 0.3) is 5.91 Å². The monoisotopic (exact) mass is 474 g/mol. The number of carbonyl (C=O) groups is 2. The van der Waals surface area contributed by atoms with Crippen molar-refractivity contribution < 1.29 is 14.0 Å². The lowest BCUT2D eigenvalue weighted by molar-refractivity contribution is -0.134. The second-order valence-corrected chi connectivity index (χ2v) is 10.0. The van der Waals surface area contributed by atoms with Gasteiger partial charge in [0.15, 0.2) is 5.76 Å². The highest BCUT2D eigenvalue weighted by Gasteiger charge is 2.48. The van der Waals surface area contributed by atoms with Crippen molar-refractivity contribution in [3.8, 4) is 11.5 Å². The second kappa shape index (κ2) is 10.1. The topological polar surface area (TPSA) is 80.4 Å². The lowest BCUT2D eigenvalue weighted by atomic mass is 9.92. The van der Waals surface area contributed by atoms with Crippen LogP contribution in [0.5, 0.6) is 0 Å². The first kappa shape index (κ1) is 23.4. The average molecular weight is 475 g/mol. The summed E-state index contributed by atoms with van der Waals surface area (Å²) in [6.45, 7) is 2.64. The van der Waals surface area contributed by atoms with Crippen molar-refractivity contribution >= 4 is 11.8 Å². The Balaban J connectivity index is 1.43. The zero-order valence-electron chi connectivity index (χ0n) is 20.4. The van der Waals surface area contributed by atoms with Gasteiger partial charge in [0.1, 0.15) is 16.9 Å². The minimum Gasteiger partial charge on any atom is -0.463 e. The van der Waals surface area contributed by atoms with Crippen LogP contribution in [0.1, 0.15) is 67.9 Å². The molecule has 1 atom stereocenters. The van der Waals surface area contributed by atoms with Gasteiger partial charge in [0.05, 0.1) is 12.8 Å². The van der Waals surface area contributed by atoms with Crippen molar-refractivity contribution in [2.45, 2.75) is 76.4 Å². The van der Waals surface area contributed by atoms with Crippen molar-refractivity contribution in [2.24, 2.45) is 0 Å². The van der Waals surface area contributed by atoms with Gasteiger partial charge >= 0.3 is 0 Å². The number of furan rings is 1. The Kier molecular flexibility index (Phi) is 6.75. The van der Waals surface area contributed by atoms with Crippen molar-refractivity contribution in [1.82, 2.24) is 20.0 Å². The molecule has 7 heteroatoms. The first-order valence-corrected chi connectivity index (χ1v) is 12.8. The van der Waals surface area contributed by atoms with Crippen LogP contribution in [0, 0.1) is 0 Å². The van der Waals surface area contributed by atoms with Gasteiger partial charge in [-0.05, 0) is 43.9 Å². The van der Waals surface area contributed by atoms with E-state index in [4.69, 9.17) is 4.42 Å². The molecule has 2 aliphatic rings. The number of aromatic nitrogens is 2. The number of rotatable bonds is 6. The molecule has 184 valence electrons. The lowest BCUT2D eigenvalue weighted by Crippen LogP contribution is -2.65. The van der Waals surface area contributed by atoms with Crippen molar-refractivity contribution in [3.05, 3.63) is 66.1 Å². The number of hydrogen-bond donors (Lipinski definition) is 1. The molecule has 3 heterocycles. The summed E-state index contributed by atoms with van der Waals surface area (Å²) >= 11 is 0. The van der Waals surface area contributed by atoms with Gasteiger partial charge in [0.2, 0.25) is 5.91 Å². The molecule has 1 aliphatic heterocycles. The second-order valence-electron chi connectivity index (χ2n) is 10.0. The minimum absolute atomic E-state index is 0.0924. The highest BCUT2D eigenvalue weighted by atomic mass is 16.3. The van der Waals surface area contributed by atoms with E-state index in [1.54, 1.807) is 28.0 Å². The Morgan fingerprint density at radius 3 is 2.54 bits per heavy atom. The third-order valence-electron chi connectivity index (χ3n) is 7.47. The number of hydrogen-bond acceptors (Lipinski definition) is 4. The Hall–Kier alpha value is -3.35. The van der Waals surface area contributed by atoms with E-state index in [0.29, 0.717) is 36.7 Å². The van der Waals surface area contributed by atoms with Gasteiger partial charge < -0.3 is 14.6 Å². The summed E-state index contributed by atoms with van der Waals surface area (Å²) in [4.78, 5) is 29.4. The first-order chi connectivity index (χ1) is 17.0. The molecule has 0 saturated heterocycles. The molecule has 3 aromatic rings. The van der Waals surface area contributed by atoms with Gasteiger partial charge in [-0.3, -0.25) is 14.3 Å². The van der Waals surface area contributed by atoms with Crippen LogP contribution in [0.2, 0.25) is 0 Å². The van der Waals surface area contributed by atoms with Crippen molar-refractivity contribution in [1.29, 1.82) is 0 Å². The molecule has 2 amide bonds. The summed E-state index contributed by atoms with van der Waals surface area (Å²) in [5.41, 5.74) is 1.19. The van der Waals surface area contributed by atoms with E-state index in [1.807, 2.05) is 31.2 Å². The molecule has 1 saturated carbocycles. The fraction of sp³-hybridized carbons (Fsp3) is 0.464. The van der Waals surface area contributed by atoms with E-state index >= 15 is 0 Å². The van der Waals surface area contributed by atoms with E-state index in [1.165, 1.54) is 19.3 Å². The minimum atomic E-state index is -1.03. The van der Waals surface area contributed by atoms with Gasteiger partial charge in [-0.1, -0.05) is 62.4 Å². The third kappa shape index (κ3) is 4.90. The molecule has 35 heavy (non-hydrogen) atoms. The van der Waals surface area contributed by atoms with Crippen LogP contribution >= 0.6 is 0 Å². The first-order valence-electron chi connectivity index (χ1n) is 12.8. The molecule has 5 rings (SSSR count). The molecule has 1 fully saturated rings. The SMILES string of the molecule is CC1(C(=O)NC2CCCCCCC2)Cn2nc(-c3ccco3)cc2C(=O)N1CCc1ccccc1. The number of nitrogens with one attached hydrogen (secondary N) is 1. The molecule has 0 bridgehead atoms. The van der Waals surface area contributed by atoms with E-state index in [0.717, 1.165) is 31.2 Å². The molecule has 2 aromatic heterocycles. The fourth-order valence-electron chi connectivity index (χ4n) is 5.36. The lowest BCUT2D eigenvalue weighted by Gasteiger charge is -2.44. The molecule has 1 aromatic carbocycles. The maximum absolute atomic E-state index is 13.8. The molecule has 7 nitrogen and oxygen atoms in total. The summed E-state index contributed by atoms with van der Waals surface area (Å²) in [5, 5.41) is 7.96. The number of benzene rings is 1. The molecular weight excluding hydrogens is 440 g/mol. The maximum atomic E-state index is 13.8. The summed E-state index contributed by atoms with van der Waals surface area (Å²) < 4.78 is 7.18. The quantitative estimate of drug-likeness (QED) is 0.555. The van der Waals surface area contributed by atoms with Gasteiger partial charge in [-0.2, -0.15) is 5.10 Å². The van der Waals surface area contributed by atoms with Crippen LogP contribution < -0.4 is 5.32 Å². The summed E-state index contributed by atoms with van der Waals surface area (Å²) in [6.07, 6.45) is 10.2. The number of carbonyl (C=O) groups excluding carboxylic acids is 2. The Morgan fingerprint density at radius 1 is 1.09 bits per heavy atom. The maximum Gasteiger partial charge on any atom is 0.273 e. The fourth-order valence-corrected chi connectivity index (χ4v) is 5.36. The van der Waals surface area contributed by atoms with Gasteiger partial charge in [-0.15, -0.1) is 0 Å². The summed E-state index contributed by atoms with van der Waals surface area (Å²) in [6, 6.07) is 15.6. The molecule has 0 radical (unpaired) electrons. The van der Waals surface area contributed by atoms with Crippen LogP contribution in [0.4, 0.5) is 0 Å². The van der Waals surface area contributed by atoms with Crippen LogP contribution in [0.15, 0.2) is 59.2 Å². The van der Waals surface area contributed by atoms with Crippen molar-refractivity contribution in [2.75, 3.05) is 6.54 Å². The zero-order chi connectivity index (χ0) is 24.3. The van der Waals surface area contributed by atoms with Crippen molar-refractivity contribution in [3.63, 3.8) is 0 Å². The van der Waals surface area contributed by atoms with E-state index in [2.05, 4.69) is 22.5 Å². The largest absolute Gasteiger partial charge is 0.463 e. The molecule has 0 spiro atoms. The normalized spacial score (nSPS) is 21.3. The standard InChI is InChI=1S/C28H34N4O3/c1-28(27(34)29-22-13-8-3-2-4-9-14-22)20-32-24(19-23(30-32)25-15-10-18-35-25)26(33)31(28)17-16-21-11-6-5-7-12-21/h5-7,10-12,15,18-19,22H,2-4,8-9,13-14,16-17,20H2,1H3,(H,29,34). The molecule has 1 unspecified atom stereocenters. The van der Waals surface area contributed by atoms with Gasteiger partial charge in [0, 0.05) is 18.7 Å². The number of fused-ring (bicyclic) bond motifs is 1. The average Bonchev–Trinajstić information content (AvgIpc) is 3.51. The van der Waals surface area contributed by atoms with Crippen LogP contribution in [-0.2, 0) is 17.8 Å². The van der Waals surface area contributed by atoms with Crippen LogP contribution in [0.3, 0.4) is 0 Å². The number of amides is 2. The van der Waals surface area contributed by atoms with E-state index in [9.17, 15) is 9.59 Å². The number of nitrogens with zero attached hydrogens (tertiary/aromatic N) is 3. The Morgan fingerprint density at radius 2 is 1.83 bits per heavy atom. The van der Waals surface area contributed by atoms with Gasteiger partial charge in [-0.25, -0.2) is 0 Å². The third-order valence-corrected chi connectivity index (χ3v) is 7.47. The highest BCUT2D eigenvalue weighted by molar-refractivity contribution is 6.00. The molecule has 1 N–H and O–H groups in total. The van der Waals surface area contributed by atoms with E-state index in [-0.39, 0.29) is 17.9 Å². The predicted molar refractivity (Wildman–Crippen MR) is 134 cm³/mol. The van der Waals surface area contributed by atoms with Crippen LogP contribution in [-0.4, -0.2) is 44.6 Å². The Bertz CT molecular complexity index is 1150.